The van der Waals surface area contributed by atoms with Crippen molar-refractivity contribution in [1.29, 1.82) is 0 Å². The molecule has 1 unspecified atom stereocenters. The first kappa shape index (κ1) is 20.6. The second kappa shape index (κ2) is 11.2. The van der Waals surface area contributed by atoms with Crippen LogP contribution in [0.5, 0.6) is 5.75 Å². The number of carbonyl (C=O) groups is 2. The van der Waals surface area contributed by atoms with Crippen LogP contribution >= 0.6 is 24.2 Å². The van der Waals surface area contributed by atoms with Crippen LogP contribution in [-0.2, 0) is 9.59 Å². The molecule has 134 valence electrons. The number of thioether (sulfide) groups is 1. The van der Waals surface area contributed by atoms with Crippen molar-refractivity contribution < 1.29 is 14.3 Å². The van der Waals surface area contributed by atoms with Gasteiger partial charge in [-0.3, -0.25) is 9.59 Å². The van der Waals surface area contributed by atoms with Crippen LogP contribution in [0.4, 0.5) is 5.69 Å². The third-order valence-corrected chi connectivity index (χ3v) is 4.44. The standard InChI is InChI=1S/C16H23N3O3S.ClH/c1-2-17-16(21)10-22-14-5-3-12(4-6-14)19-15(20)9-13-11-23-8-7-18-13;/h3-6,13,18H,2,7-11H2,1H3,(H,17,21)(H,19,20);1H. The van der Waals surface area contributed by atoms with E-state index >= 15 is 0 Å². The van der Waals surface area contributed by atoms with Gasteiger partial charge in [-0.25, -0.2) is 0 Å². The summed E-state index contributed by atoms with van der Waals surface area (Å²) in [6.45, 7) is 3.39. The number of nitrogens with one attached hydrogen (secondary N) is 3. The zero-order valence-electron chi connectivity index (χ0n) is 13.7. The maximum Gasteiger partial charge on any atom is 0.257 e. The lowest BCUT2D eigenvalue weighted by Gasteiger charge is -2.22. The largest absolute Gasteiger partial charge is 0.484 e. The van der Waals surface area contributed by atoms with Crippen molar-refractivity contribution in [3.8, 4) is 5.75 Å². The molecule has 0 bridgehead atoms. The van der Waals surface area contributed by atoms with Gasteiger partial charge >= 0.3 is 0 Å². The molecule has 2 amide bonds. The van der Waals surface area contributed by atoms with Gasteiger partial charge in [0.1, 0.15) is 5.75 Å². The summed E-state index contributed by atoms with van der Waals surface area (Å²) in [5.74, 6) is 2.53. The van der Waals surface area contributed by atoms with Gasteiger partial charge in [0.25, 0.3) is 5.91 Å². The van der Waals surface area contributed by atoms with Crippen molar-refractivity contribution in [2.24, 2.45) is 0 Å². The smallest absolute Gasteiger partial charge is 0.257 e. The van der Waals surface area contributed by atoms with E-state index < -0.39 is 0 Å². The minimum Gasteiger partial charge on any atom is -0.484 e. The first-order valence-corrected chi connectivity index (χ1v) is 8.93. The van der Waals surface area contributed by atoms with E-state index in [1.165, 1.54) is 0 Å². The molecule has 6 nitrogen and oxygen atoms in total. The van der Waals surface area contributed by atoms with E-state index in [0.717, 1.165) is 23.7 Å². The topological polar surface area (TPSA) is 79.5 Å². The van der Waals surface area contributed by atoms with Crippen molar-refractivity contribution in [2.45, 2.75) is 19.4 Å². The summed E-state index contributed by atoms with van der Waals surface area (Å²) >= 11 is 1.87. The van der Waals surface area contributed by atoms with Crippen LogP contribution < -0.4 is 20.7 Å². The van der Waals surface area contributed by atoms with E-state index in [2.05, 4.69) is 16.0 Å². The highest BCUT2D eigenvalue weighted by Crippen LogP contribution is 2.16. The van der Waals surface area contributed by atoms with Gasteiger partial charge in [0, 0.05) is 42.7 Å². The summed E-state index contributed by atoms with van der Waals surface area (Å²) in [4.78, 5) is 23.3. The van der Waals surface area contributed by atoms with Crippen LogP contribution in [0.3, 0.4) is 0 Å². The summed E-state index contributed by atoms with van der Waals surface area (Å²) in [5.41, 5.74) is 0.726. The fraction of sp³-hybridized carbons (Fsp3) is 0.500. The Morgan fingerprint density at radius 3 is 2.67 bits per heavy atom. The normalized spacial score (nSPS) is 16.6. The van der Waals surface area contributed by atoms with Gasteiger partial charge in [0.05, 0.1) is 0 Å². The van der Waals surface area contributed by atoms with Crippen molar-refractivity contribution in [2.75, 3.05) is 36.5 Å². The highest BCUT2D eigenvalue weighted by Gasteiger charge is 2.16. The van der Waals surface area contributed by atoms with Crippen LogP contribution in [-0.4, -0.2) is 49.1 Å². The van der Waals surface area contributed by atoms with E-state index in [4.69, 9.17) is 4.74 Å². The van der Waals surface area contributed by atoms with E-state index in [1.807, 2.05) is 18.7 Å². The third-order valence-electron chi connectivity index (χ3n) is 3.31. The number of anilines is 1. The molecule has 1 aromatic carbocycles. The van der Waals surface area contributed by atoms with E-state index in [9.17, 15) is 9.59 Å². The monoisotopic (exact) mass is 373 g/mol. The minimum absolute atomic E-state index is 0. The molecule has 0 aromatic heterocycles. The van der Waals surface area contributed by atoms with Crippen molar-refractivity contribution in [3.63, 3.8) is 0 Å². The molecule has 1 aliphatic rings. The number of likely N-dealkylation sites (N-methyl/N-ethyl adjacent to an activating group) is 1. The molecule has 24 heavy (non-hydrogen) atoms. The maximum atomic E-state index is 12.0. The Balaban J connectivity index is 0.00000288. The van der Waals surface area contributed by atoms with Gasteiger partial charge in [-0.15, -0.1) is 12.4 Å². The Bertz CT molecular complexity index is 522. The molecule has 3 N–H and O–H groups in total. The Morgan fingerprint density at radius 1 is 1.29 bits per heavy atom. The Morgan fingerprint density at radius 2 is 2.04 bits per heavy atom. The average molecular weight is 374 g/mol. The first-order chi connectivity index (χ1) is 11.2. The van der Waals surface area contributed by atoms with E-state index in [0.29, 0.717) is 18.7 Å². The summed E-state index contributed by atoms with van der Waals surface area (Å²) < 4.78 is 5.36. The number of ether oxygens (including phenoxy) is 1. The van der Waals surface area contributed by atoms with Crippen LogP contribution in [0, 0.1) is 0 Å². The molecular formula is C16H24ClN3O3S. The molecule has 1 heterocycles. The number of benzene rings is 1. The Kier molecular flexibility index (Phi) is 9.59. The second-order valence-electron chi connectivity index (χ2n) is 5.24. The number of carbonyl (C=O) groups excluding carboxylic acids is 2. The second-order valence-corrected chi connectivity index (χ2v) is 6.39. The van der Waals surface area contributed by atoms with Crippen molar-refractivity contribution in [1.82, 2.24) is 10.6 Å². The molecule has 8 heteroatoms. The number of amides is 2. The molecule has 1 saturated heterocycles. The van der Waals surface area contributed by atoms with Gasteiger partial charge in [0.15, 0.2) is 6.61 Å². The molecule has 2 rings (SSSR count). The average Bonchev–Trinajstić information content (AvgIpc) is 2.55. The molecule has 1 aromatic rings. The Labute approximate surface area is 152 Å². The van der Waals surface area contributed by atoms with E-state index in [-0.39, 0.29) is 36.9 Å². The predicted molar refractivity (Wildman–Crippen MR) is 100 cm³/mol. The summed E-state index contributed by atoms with van der Waals surface area (Å²) in [5, 5.41) is 8.88. The molecule has 1 aliphatic heterocycles. The lowest BCUT2D eigenvalue weighted by Crippen LogP contribution is -2.39. The van der Waals surface area contributed by atoms with Gasteiger partial charge in [-0.05, 0) is 31.2 Å². The number of halogens is 1. The van der Waals surface area contributed by atoms with Gasteiger partial charge in [-0.1, -0.05) is 0 Å². The fourth-order valence-corrected chi connectivity index (χ4v) is 3.17. The van der Waals surface area contributed by atoms with Crippen molar-refractivity contribution >= 4 is 41.7 Å². The molecule has 1 fully saturated rings. The van der Waals surface area contributed by atoms with Gasteiger partial charge < -0.3 is 20.7 Å². The van der Waals surface area contributed by atoms with Crippen LogP contribution in [0.1, 0.15) is 13.3 Å². The SMILES string of the molecule is CCNC(=O)COc1ccc(NC(=O)CC2CSCCN2)cc1.Cl. The van der Waals surface area contributed by atoms with Crippen LogP contribution in [0.25, 0.3) is 0 Å². The first-order valence-electron chi connectivity index (χ1n) is 7.78. The lowest BCUT2D eigenvalue weighted by molar-refractivity contribution is -0.123. The molecular weight excluding hydrogens is 350 g/mol. The molecule has 0 aliphatic carbocycles. The van der Waals surface area contributed by atoms with Crippen molar-refractivity contribution in [3.05, 3.63) is 24.3 Å². The highest BCUT2D eigenvalue weighted by molar-refractivity contribution is 7.99. The summed E-state index contributed by atoms with van der Waals surface area (Å²) in [7, 11) is 0. The minimum atomic E-state index is -0.150. The Hall–Kier alpha value is -1.44. The molecule has 0 radical (unpaired) electrons. The predicted octanol–water partition coefficient (Wildman–Crippen LogP) is 1.66. The molecule has 0 spiro atoms. The van der Waals surface area contributed by atoms with Crippen LogP contribution in [0.2, 0.25) is 0 Å². The summed E-state index contributed by atoms with van der Waals surface area (Å²) in [6.07, 6.45) is 0.475. The highest BCUT2D eigenvalue weighted by atomic mass is 35.5. The van der Waals surface area contributed by atoms with Gasteiger partial charge in [0.2, 0.25) is 5.91 Å². The summed E-state index contributed by atoms with van der Waals surface area (Å²) in [6, 6.07) is 7.27. The fourth-order valence-electron chi connectivity index (χ4n) is 2.22. The van der Waals surface area contributed by atoms with Crippen LogP contribution in [0.15, 0.2) is 24.3 Å². The lowest BCUT2D eigenvalue weighted by atomic mass is 10.2. The third kappa shape index (κ3) is 7.42. The molecule has 1 atom stereocenters. The number of rotatable bonds is 7. The zero-order valence-corrected chi connectivity index (χ0v) is 15.3. The zero-order chi connectivity index (χ0) is 16.5. The molecule has 0 saturated carbocycles. The number of hydrogen-bond acceptors (Lipinski definition) is 5. The van der Waals surface area contributed by atoms with E-state index in [1.54, 1.807) is 24.3 Å². The maximum absolute atomic E-state index is 12.0. The quantitative estimate of drug-likeness (QED) is 0.677. The number of hydrogen-bond donors (Lipinski definition) is 3. The van der Waals surface area contributed by atoms with Gasteiger partial charge in [-0.2, -0.15) is 11.8 Å².